The Labute approximate surface area is 220 Å². The zero-order chi connectivity index (χ0) is 26.8. The molecule has 1 heterocycles. The Balaban J connectivity index is 1.83. The van der Waals surface area contributed by atoms with E-state index in [0.717, 1.165) is 47.6 Å². The van der Waals surface area contributed by atoms with Gasteiger partial charge in [0.15, 0.2) is 0 Å². The molecule has 1 unspecified atom stereocenters. The van der Waals surface area contributed by atoms with E-state index < -0.39 is 0 Å². The minimum atomic E-state index is -0.212. The maximum absolute atomic E-state index is 13.1. The van der Waals surface area contributed by atoms with Gasteiger partial charge in [0.2, 0.25) is 0 Å². The lowest BCUT2D eigenvalue weighted by Gasteiger charge is -2.16. The number of rotatable bonds is 12. The van der Waals surface area contributed by atoms with Gasteiger partial charge in [-0.1, -0.05) is 31.2 Å². The molecule has 0 saturated heterocycles. The first kappa shape index (κ1) is 27.7. The smallest absolute Gasteiger partial charge is 0.256 e. The first-order valence-corrected chi connectivity index (χ1v) is 12.8. The second kappa shape index (κ2) is 13.5. The molecule has 0 aliphatic rings. The molecular formula is C30H38N6O. The zero-order valence-electron chi connectivity index (χ0n) is 22.5. The Hall–Kier alpha value is -3.84. The monoisotopic (exact) mass is 498 g/mol. The van der Waals surface area contributed by atoms with Gasteiger partial charge in [0.25, 0.3) is 5.91 Å². The molecule has 0 fully saturated rings. The second-order valence-electron chi connectivity index (χ2n) is 9.42. The van der Waals surface area contributed by atoms with Crippen LogP contribution in [0.15, 0.2) is 65.7 Å². The van der Waals surface area contributed by atoms with Gasteiger partial charge in [0, 0.05) is 17.2 Å². The van der Waals surface area contributed by atoms with Gasteiger partial charge in [0.05, 0.1) is 18.1 Å². The molecule has 0 saturated carbocycles. The highest BCUT2D eigenvalue weighted by atomic mass is 16.1. The fourth-order valence-corrected chi connectivity index (χ4v) is 4.14. The van der Waals surface area contributed by atoms with Crippen LogP contribution >= 0.6 is 0 Å². The molecule has 1 atom stereocenters. The molecule has 3 N–H and O–H groups in total. The number of nitrogens with zero attached hydrogens (tertiary/aromatic N) is 3. The van der Waals surface area contributed by atoms with Crippen LogP contribution in [0.3, 0.4) is 0 Å². The second-order valence-corrected chi connectivity index (χ2v) is 9.42. The maximum atomic E-state index is 13.1. The van der Waals surface area contributed by atoms with Crippen molar-refractivity contribution in [3.05, 3.63) is 82.9 Å². The van der Waals surface area contributed by atoms with Crippen molar-refractivity contribution in [3.8, 4) is 11.3 Å². The SMILES string of the molecule is C=N/C(=C\c1cc(-c2cncc(NC(C)C)n2)ccc1C)NC(=O)c1cccc(C(CC)CCNC)c1. The lowest BCUT2D eigenvalue weighted by molar-refractivity contribution is 0.0966. The molecule has 3 rings (SSSR count). The molecule has 7 nitrogen and oxygen atoms in total. The summed E-state index contributed by atoms with van der Waals surface area (Å²) >= 11 is 0. The Morgan fingerprint density at radius 2 is 1.97 bits per heavy atom. The number of aryl methyl sites for hydroxylation is 1. The summed E-state index contributed by atoms with van der Waals surface area (Å²) in [7, 11) is 1.96. The molecule has 2 aromatic carbocycles. The first-order chi connectivity index (χ1) is 17.8. The Morgan fingerprint density at radius 3 is 2.68 bits per heavy atom. The molecule has 1 aromatic heterocycles. The standard InChI is InChI=1S/C30H38N6O/c1-7-22(13-14-31-5)23-9-8-10-25(15-23)30(37)36-28(32-6)17-26-16-24(12-11-21(26)4)27-18-33-19-29(35-27)34-20(2)3/h8-12,15-20,22,31H,6-7,13-14H2,1-5H3,(H,34,35)(H,36,37)/b28-17+. The summed E-state index contributed by atoms with van der Waals surface area (Å²) < 4.78 is 0. The zero-order valence-corrected chi connectivity index (χ0v) is 22.5. The van der Waals surface area contributed by atoms with Crippen molar-refractivity contribution >= 4 is 24.5 Å². The number of anilines is 1. The molecule has 0 radical (unpaired) electrons. The largest absolute Gasteiger partial charge is 0.367 e. The Kier molecular flexibility index (Phi) is 10.1. The van der Waals surface area contributed by atoms with Crippen molar-refractivity contribution < 1.29 is 4.79 Å². The lowest BCUT2D eigenvalue weighted by atomic mass is 9.92. The van der Waals surface area contributed by atoms with Crippen LogP contribution in [0.25, 0.3) is 17.3 Å². The number of benzene rings is 2. The molecule has 7 heteroatoms. The van der Waals surface area contributed by atoms with Crippen LogP contribution in [0.2, 0.25) is 0 Å². The van der Waals surface area contributed by atoms with E-state index in [2.05, 4.69) is 64.5 Å². The van der Waals surface area contributed by atoms with E-state index in [1.807, 2.05) is 56.4 Å². The van der Waals surface area contributed by atoms with E-state index in [-0.39, 0.29) is 11.9 Å². The topological polar surface area (TPSA) is 91.3 Å². The maximum Gasteiger partial charge on any atom is 0.256 e. The van der Waals surface area contributed by atoms with E-state index in [1.165, 1.54) is 5.56 Å². The van der Waals surface area contributed by atoms with Gasteiger partial charge < -0.3 is 16.0 Å². The number of carbonyl (C=O) groups is 1. The van der Waals surface area contributed by atoms with Crippen molar-refractivity contribution in [1.82, 2.24) is 20.6 Å². The molecular weight excluding hydrogens is 460 g/mol. The van der Waals surface area contributed by atoms with E-state index in [9.17, 15) is 4.79 Å². The van der Waals surface area contributed by atoms with Gasteiger partial charge in [-0.3, -0.25) is 9.78 Å². The molecule has 1 amide bonds. The van der Waals surface area contributed by atoms with Gasteiger partial charge in [-0.2, -0.15) is 0 Å². The molecule has 0 bridgehead atoms. The van der Waals surface area contributed by atoms with Crippen molar-refractivity contribution in [2.45, 2.75) is 52.5 Å². The average molecular weight is 499 g/mol. The van der Waals surface area contributed by atoms with Gasteiger partial charge in [-0.25, -0.2) is 9.98 Å². The van der Waals surface area contributed by atoms with Crippen molar-refractivity contribution in [3.63, 3.8) is 0 Å². The minimum absolute atomic E-state index is 0.212. The van der Waals surface area contributed by atoms with Crippen LogP contribution < -0.4 is 16.0 Å². The summed E-state index contributed by atoms with van der Waals surface area (Å²) in [5.74, 6) is 1.30. The summed E-state index contributed by atoms with van der Waals surface area (Å²) in [5, 5.41) is 9.41. The summed E-state index contributed by atoms with van der Waals surface area (Å²) in [6.07, 6.45) is 7.33. The first-order valence-electron chi connectivity index (χ1n) is 12.8. The highest BCUT2D eigenvalue weighted by Crippen LogP contribution is 2.25. The van der Waals surface area contributed by atoms with E-state index in [0.29, 0.717) is 17.3 Å². The molecule has 0 aliphatic heterocycles. The summed E-state index contributed by atoms with van der Waals surface area (Å²) in [4.78, 5) is 26.2. The van der Waals surface area contributed by atoms with Crippen LogP contribution in [-0.2, 0) is 0 Å². The quantitative estimate of drug-likeness (QED) is 0.274. The van der Waals surface area contributed by atoms with Crippen molar-refractivity contribution in [1.29, 1.82) is 0 Å². The number of carbonyl (C=O) groups excluding carboxylic acids is 1. The molecule has 0 aliphatic carbocycles. The molecule has 37 heavy (non-hydrogen) atoms. The van der Waals surface area contributed by atoms with Crippen molar-refractivity contribution in [2.75, 3.05) is 18.9 Å². The molecule has 3 aromatic rings. The van der Waals surface area contributed by atoms with E-state index in [4.69, 9.17) is 0 Å². The number of aromatic nitrogens is 2. The third kappa shape index (κ3) is 7.82. The summed E-state index contributed by atoms with van der Waals surface area (Å²) in [6.45, 7) is 12.9. The highest BCUT2D eigenvalue weighted by Gasteiger charge is 2.13. The Bertz CT molecular complexity index is 1250. The van der Waals surface area contributed by atoms with Crippen LogP contribution in [0.1, 0.15) is 66.6 Å². The highest BCUT2D eigenvalue weighted by molar-refractivity contribution is 5.96. The van der Waals surface area contributed by atoms with Crippen LogP contribution in [0, 0.1) is 6.92 Å². The number of hydrogen-bond acceptors (Lipinski definition) is 6. The van der Waals surface area contributed by atoms with Crippen LogP contribution in [0.4, 0.5) is 5.82 Å². The summed E-state index contributed by atoms with van der Waals surface area (Å²) in [6, 6.07) is 14.1. The lowest BCUT2D eigenvalue weighted by Crippen LogP contribution is -2.22. The van der Waals surface area contributed by atoms with Gasteiger partial charge in [0.1, 0.15) is 11.6 Å². The van der Waals surface area contributed by atoms with Crippen LogP contribution in [-0.4, -0.2) is 42.2 Å². The van der Waals surface area contributed by atoms with Gasteiger partial charge in [-0.05, 0) is 101 Å². The Morgan fingerprint density at radius 1 is 1.16 bits per heavy atom. The van der Waals surface area contributed by atoms with E-state index >= 15 is 0 Å². The predicted octanol–water partition coefficient (Wildman–Crippen LogP) is 5.80. The van der Waals surface area contributed by atoms with Crippen molar-refractivity contribution in [2.24, 2.45) is 4.99 Å². The minimum Gasteiger partial charge on any atom is -0.367 e. The normalized spacial score (nSPS) is 12.3. The van der Waals surface area contributed by atoms with Crippen LogP contribution in [0.5, 0.6) is 0 Å². The fraction of sp³-hybridized carbons (Fsp3) is 0.333. The average Bonchev–Trinajstić information content (AvgIpc) is 2.89. The summed E-state index contributed by atoms with van der Waals surface area (Å²) in [5.41, 5.74) is 5.41. The fourth-order valence-electron chi connectivity index (χ4n) is 4.14. The number of amides is 1. The third-order valence-electron chi connectivity index (χ3n) is 6.21. The third-order valence-corrected chi connectivity index (χ3v) is 6.21. The molecule has 194 valence electrons. The number of aliphatic imine (C=N–C) groups is 1. The number of nitrogens with one attached hydrogen (secondary N) is 3. The van der Waals surface area contributed by atoms with Gasteiger partial charge >= 0.3 is 0 Å². The molecule has 0 spiro atoms. The predicted molar refractivity (Wildman–Crippen MR) is 154 cm³/mol. The number of hydrogen-bond donors (Lipinski definition) is 3. The van der Waals surface area contributed by atoms with Gasteiger partial charge in [-0.15, -0.1) is 0 Å². The van der Waals surface area contributed by atoms with E-state index in [1.54, 1.807) is 12.4 Å².